The first kappa shape index (κ1) is 16.9. The maximum Gasteiger partial charge on any atom is 0.329 e. The number of hydrogen-bond acceptors (Lipinski definition) is 4. The molecule has 1 fully saturated rings. The van der Waals surface area contributed by atoms with E-state index in [0.717, 1.165) is 6.42 Å². The first-order valence-corrected chi connectivity index (χ1v) is 6.90. The molecule has 3 N–H and O–H groups in total. The Morgan fingerprint density at radius 1 is 1.40 bits per heavy atom. The SMILES string of the molecule is CC(C)(C)CC(N)CC(=O)N1CC(C)(OCC(=O)O)C1. The van der Waals surface area contributed by atoms with E-state index in [9.17, 15) is 9.59 Å². The van der Waals surface area contributed by atoms with Crippen LogP contribution in [0.5, 0.6) is 0 Å². The van der Waals surface area contributed by atoms with Gasteiger partial charge >= 0.3 is 5.97 Å². The van der Waals surface area contributed by atoms with Gasteiger partial charge in [0.2, 0.25) is 5.91 Å². The zero-order chi connectivity index (χ0) is 15.6. The minimum Gasteiger partial charge on any atom is -0.480 e. The molecule has 0 aromatic carbocycles. The molecule has 0 radical (unpaired) electrons. The lowest BCUT2D eigenvalue weighted by Gasteiger charge is -2.47. The summed E-state index contributed by atoms with van der Waals surface area (Å²) in [4.78, 5) is 24.2. The van der Waals surface area contributed by atoms with Crippen molar-refractivity contribution >= 4 is 11.9 Å². The van der Waals surface area contributed by atoms with E-state index in [1.807, 2.05) is 6.92 Å². The van der Waals surface area contributed by atoms with Crippen molar-refractivity contribution in [3.05, 3.63) is 0 Å². The van der Waals surface area contributed by atoms with E-state index in [1.165, 1.54) is 0 Å². The van der Waals surface area contributed by atoms with Gasteiger partial charge in [-0.15, -0.1) is 0 Å². The number of nitrogens with two attached hydrogens (primary N) is 1. The monoisotopic (exact) mass is 286 g/mol. The summed E-state index contributed by atoms with van der Waals surface area (Å²) < 4.78 is 5.27. The Balaban J connectivity index is 2.32. The second-order valence-electron chi connectivity index (χ2n) is 7.11. The normalized spacial score (nSPS) is 19.4. The number of carboxylic acids is 1. The van der Waals surface area contributed by atoms with Gasteiger partial charge in [0, 0.05) is 12.5 Å². The summed E-state index contributed by atoms with van der Waals surface area (Å²) in [7, 11) is 0. The van der Waals surface area contributed by atoms with E-state index in [-0.39, 0.29) is 24.0 Å². The van der Waals surface area contributed by atoms with Gasteiger partial charge in [-0.1, -0.05) is 20.8 Å². The highest BCUT2D eigenvalue weighted by atomic mass is 16.5. The van der Waals surface area contributed by atoms with E-state index >= 15 is 0 Å². The van der Waals surface area contributed by atoms with Crippen LogP contribution in [0.15, 0.2) is 0 Å². The van der Waals surface area contributed by atoms with Crippen LogP contribution in [0, 0.1) is 5.41 Å². The van der Waals surface area contributed by atoms with E-state index in [2.05, 4.69) is 20.8 Å². The summed E-state index contributed by atoms with van der Waals surface area (Å²) in [6.07, 6.45) is 1.12. The topological polar surface area (TPSA) is 92.9 Å². The van der Waals surface area contributed by atoms with Gasteiger partial charge in [0.1, 0.15) is 12.2 Å². The van der Waals surface area contributed by atoms with Gasteiger partial charge in [-0.25, -0.2) is 4.79 Å². The molecule has 1 amide bonds. The number of aliphatic carboxylic acids is 1. The number of nitrogens with zero attached hydrogens (tertiary/aromatic N) is 1. The third kappa shape index (κ3) is 5.46. The van der Waals surface area contributed by atoms with E-state index in [1.54, 1.807) is 4.90 Å². The first-order valence-electron chi connectivity index (χ1n) is 6.90. The molecule has 20 heavy (non-hydrogen) atoms. The summed E-state index contributed by atoms with van der Waals surface area (Å²) in [5.74, 6) is -0.985. The quantitative estimate of drug-likeness (QED) is 0.755. The molecule has 0 aliphatic carbocycles. The lowest BCUT2D eigenvalue weighted by molar-refractivity contribution is -0.173. The molecule has 0 spiro atoms. The summed E-state index contributed by atoms with van der Waals surface area (Å²) in [5.41, 5.74) is 5.55. The van der Waals surface area contributed by atoms with Crippen LogP contribution >= 0.6 is 0 Å². The highest BCUT2D eigenvalue weighted by Gasteiger charge is 2.42. The minimum absolute atomic E-state index is 0.0122. The summed E-state index contributed by atoms with van der Waals surface area (Å²) in [5, 5.41) is 8.58. The zero-order valence-corrected chi connectivity index (χ0v) is 12.8. The van der Waals surface area contributed by atoms with Gasteiger partial charge in [-0.05, 0) is 18.8 Å². The molecule has 1 aliphatic heterocycles. The second-order valence-corrected chi connectivity index (χ2v) is 7.11. The van der Waals surface area contributed by atoms with Crippen molar-refractivity contribution in [3.8, 4) is 0 Å². The van der Waals surface area contributed by atoms with Gasteiger partial charge in [0.25, 0.3) is 0 Å². The molecule has 6 nitrogen and oxygen atoms in total. The fourth-order valence-corrected chi connectivity index (χ4v) is 2.48. The van der Waals surface area contributed by atoms with Crippen LogP contribution in [-0.4, -0.2) is 53.2 Å². The van der Waals surface area contributed by atoms with Gasteiger partial charge in [-0.2, -0.15) is 0 Å². The molecule has 1 rings (SSSR count). The molecule has 1 saturated heterocycles. The fourth-order valence-electron chi connectivity index (χ4n) is 2.48. The number of likely N-dealkylation sites (tertiary alicyclic amines) is 1. The summed E-state index contributed by atoms with van der Waals surface area (Å²) in [6.45, 7) is 8.63. The predicted octanol–water partition coefficient (Wildman–Crippen LogP) is 0.842. The third-order valence-electron chi connectivity index (χ3n) is 3.26. The number of carboxylic acid groups (broad SMARTS) is 1. The molecule has 116 valence electrons. The standard InChI is InChI=1S/C14H26N2O4/c1-13(2,3)6-10(15)5-11(17)16-8-14(4,9-16)20-7-12(18)19/h10H,5-9,15H2,1-4H3,(H,18,19). The molecule has 1 atom stereocenters. The van der Waals surface area contributed by atoms with Crippen molar-refractivity contribution in [1.29, 1.82) is 0 Å². The van der Waals surface area contributed by atoms with Gasteiger partial charge in [0.15, 0.2) is 0 Å². The van der Waals surface area contributed by atoms with Crippen molar-refractivity contribution in [3.63, 3.8) is 0 Å². The maximum atomic E-state index is 12.0. The van der Waals surface area contributed by atoms with Crippen molar-refractivity contribution in [2.75, 3.05) is 19.7 Å². The van der Waals surface area contributed by atoms with Gasteiger partial charge in [0.05, 0.1) is 13.1 Å². The molecular formula is C14H26N2O4. The summed E-state index contributed by atoms with van der Waals surface area (Å²) >= 11 is 0. The van der Waals surface area contributed by atoms with Gasteiger partial charge in [-0.3, -0.25) is 4.79 Å². The Bertz CT molecular complexity index is 370. The molecule has 0 saturated carbocycles. The largest absolute Gasteiger partial charge is 0.480 e. The molecule has 0 aromatic rings. The van der Waals surface area contributed by atoms with Crippen molar-refractivity contribution in [2.45, 2.75) is 52.2 Å². The van der Waals surface area contributed by atoms with Crippen LogP contribution in [0.1, 0.15) is 40.5 Å². The average Bonchev–Trinajstić information content (AvgIpc) is 2.19. The van der Waals surface area contributed by atoms with Crippen molar-refractivity contribution in [1.82, 2.24) is 4.90 Å². The fraction of sp³-hybridized carbons (Fsp3) is 0.857. The average molecular weight is 286 g/mol. The number of rotatable bonds is 6. The Morgan fingerprint density at radius 3 is 2.40 bits per heavy atom. The Morgan fingerprint density at radius 2 is 1.95 bits per heavy atom. The molecule has 1 aliphatic rings. The molecule has 1 unspecified atom stereocenters. The predicted molar refractivity (Wildman–Crippen MR) is 75.2 cm³/mol. The van der Waals surface area contributed by atoms with Crippen LogP contribution in [0.2, 0.25) is 0 Å². The van der Waals surface area contributed by atoms with E-state index < -0.39 is 11.6 Å². The van der Waals surface area contributed by atoms with Crippen LogP contribution in [0.25, 0.3) is 0 Å². The Hall–Kier alpha value is -1.14. The Labute approximate surface area is 120 Å². The lowest BCUT2D eigenvalue weighted by atomic mass is 9.86. The molecule has 1 heterocycles. The number of hydrogen-bond donors (Lipinski definition) is 2. The third-order valence-corrected chi connectivity index (χ3v) is 3.26. The number of amides is 1. The molecule has 0 aromatic heterocycles. The number of carbonyl (C=O) groups is 2. The Kier molecular flexibility index (Phi) is 5.15. The van der Waals surface area contributed by atoms with Crippen LogP contribution < -0.4 is 5.73 Å². The van der Waals surface area contributed by atoms with Gasteiger partial charge < -0.3 is 20.5 Å². The van der Waals surface area contributed by atoms with Crippen LogP contribution in [-0.2, 0) is 14.3 Å². The molecule has 0 bridgehead atoms. The minimum atomic E-state index is -0.997. The second kappa shape index (κ2) is 6.10. The highest BCUT2D eigenvalue weighted by molar-refractivity contribution is 5.78. The smallest absolute Gasteiger partial charge is 0.329 e. The van der Waals surface area contributed by atoms with Crippen molar-refractivity contribution < 1.29 is 19.4 Å². The lowest BCUT2D eigenvalue weighted by Crippen LogP contribution is -2.63. The number of carbonyl (C=O) groups excluding carboxylic acids is 1. The summed E-state index contributed by atoms with van der Waals surface area (Å²) in [6, 6.07) is -0.144. The first-order chi connectivity index (χ1) is 9.01. The maximum absolute atomic E-state index is 12.0. The molecular weight excluding hydrogens is 260 g/mol. The number of ether oxygens (including phenoxy) is 1. The zero-order valence-electron chi connectivity index (χ0n) is 12.8. The highest BCUT2D eigenvalue weighted by Crippen LogP contribution is 2.26. The van der Waals surface area contributed by atoms with E-state index in [0.29, 0.717) is 19.5 Å². The van der Waals surface area contributed by atoms with Crippen LogP contribution in [0.4, 0.5) is 0 Å². The van der Waals surface area contributed by atoms with E-state index in [4.69, 9.17) is 15.6 Å². The molecule has 6 heteroatoms. The van der Waals surface area contributed by atoms with Crippen molar-refractivity contribution in [2.24, 2.45) is 11.1 Å². The van der Waals surface area contributed by atoms with Crippen LogP contribution in [0.3, 0.4) is 0 Å².